The molecule has 4 aliphatic carbocycles. The van der Waals surface area contributed by atoms with Crippen LogP contribution in [0.4, 0.5) is 0 Å². The number of hydrogen-bond acceptors (Lipinski definition) is 5. The van der Waals surface area contributed by atoms with Crippen LogP contribution in [-0.4, -0.2) is 59.8 Å². The molecule has 4 saturated carbocycles. The molecular formula is C28H48N2O3. The molecular weight excluding hydrogens is 412 g/mol. The van der Waals surface area contributed by atoms with Crippen LogP contribution in [0.2, 0.25) is 0 Å². The highest BCUT2D eigenvalue weighted by atomic mass is 16.6. The molecule has 0 radical (unpaired) electrons. The number of oxime groups is 1. The zero-order valence-electron chi connectivity index (χ0n) is 21.8. The van der Waals surface area contributed by atoms with Crippen LogP contribution < -0.4 is 0 Å². The van der Waals surface area contributed by atoms with Crippen molar-refractivity contribution in [2.24, 2.45) is 33.7 Å². The fourth-order valence-electron chi connectivity index (χ4n) is 8.32. The van der Waals surface area contributed by atoms with Crippen molar-refractivity contribution >= 4 is 6.21 Å². The fourth-order valence-corrected chi connectivity index (χ4v) is 8.32. The molecule has 0 unspecified atom stereocenters. The minimum atomic E-state index is -0.758. The highest BCUT2D eigenvalue weighted by Gasteiger charge is 2.65. The highest BCUT2D eigenvalue weighted by molar-refractivity contribution is 5.78. The Labute approximate surface area is 201 Å². The lowest BCUT2D eigenvalue weighted by atomic mass is 9.43. The lowest BCUT2D eigenvalue weighted by Crippen LogP contribution is -2.61. The molecule has 5 heteroatoms. The first-order valence-corrected chi connectivity index (χ1v) is 13.5. The third-order valence-electron chi connectivity index (χ3n) is 10.5. The predicted molar refractivity (Wildman–Crippen MR) is 134 cm³/mol. The van der Waals surface area contributed by atoms with Gasteiger partial charge in [-0.1, -0.05) is 25.9 Å². The Kier molecular flexibility index (Phi) is 7.08. The number of allylic oxidation sites excluding steroid dienone is 1. The molecule has 5 nitrogen and oxygen atoms in total. The smallest absolute Gasteiger partial charge is 0.129 e. The van der Waals surface area contributed by atoms with E-state index in [1.54, 1.807) is 6.21 Å². The van der Waals surface area contributed by atoms with Crippen molar-refractivity contribution in [3.8, 4) is 0 Å². The highest BCUT2D eigenvalue weighted by Crippen LogP contribution is 2.68. The summed E-state index contributed by atoms with van der Waals surface area (Å²) in [5.74, 6) is 1.56. The maximum Gasteiger partial charge on any atom is 0.129 e. The Hall–Kier alpha value is -0.910. The van der Waals surface area contributed by atoms with E-state index in [4.69, 9.17) is 4.84 Å². The Morgan fingerprint density at radius 1 is 1.03 bits per heavy atom. The summed E-state index contributed by atoms with van der Waals surface area (Å²) in [6.07, 6.45) is 15.4. The molecule has 0 aromatic carbocycles. The number of hydrogen-bond donors (Lipinski definition) is 2. The second kappa shape index (κ2) is 9.28. The molecule has 0 aromatic heterocycles. The van der Waals surface area contributed by atoms with E-state index in [0.717, 1.165) is 57.1 Å². The zero-order chi connectivity index (χ0) is 23.9. The Bertz CT molecular complexity index is 766. The first-order chi connectivity index (χ1) is 15.6. The van der Waals surface area contributed by atoms with Crippen LogP contribution in [0.25, 0.3) is 0 Å². The van der Waals surface area contributed by atoms with E-state index >= 15 is 0 Å². The Morgan fingerprint density at radius 2 is 1.82 bits per heavy atom. The van der Waals surface area contributed by atoms with Gasteiger partial charge in [0.05, 0.1) is 17.4 Å². The standard InChI is InChI=1S/C28H48N2O3/c1-6-21(20-29-33-17-16-30(4)5)18-27(31)15-14-26(3)22(19-27)8-9-24-23(26)10-13-25(2)11-7-12-28(24,25)32/h18,20,22-24,31-32H,6-17,19H2,1-5H3/t22-,23+,24-,25+,26+,27-,28+/m1/s1. The second-order valence-corrected chi connectivity index (χ2v) is 12.6. The molecule has 33 heavy (non-hydrogen) atoms. The minimum Gasteiger partial charge on any atom is -0.394 e. The van der Waals surface area contributed by atoms with Gasteiger partial charge in [-0.3, -0.25) is 0 Å². The van der Waals surface area contributed by atoms with E-state index in [2.05, 4.69) is 36.9 Å². The van der Waals surface area contributed by atoms with E-state index in [-0.39, 0.29) is 10.8 Å². The molecule has 4 aliphatic rings. The van der Waals surface area contributed by atoms with Gasteiger partial charge >= 0.3 is 0 Å². The average molecular weight is 461 g/mol. The van der Waals surface area contributed by atoms with Crippen molar-refractivity contribution in [1.82, 2.24) is 4.90 Å². The van der Waals surface area contributed by atoms with Crippen molar-refractivity contribution in [3.63, 3.8) is 0 Å². The second-order valence-electron chi connectivity index (χ2n) is 12.6. The van der Waals surface area contributed by atoms with Crippen LogP contribution >= 0.6 is 0 Å². The van der Waals surface area contributed by atoms with Crippen molar-refractivity contribution in [1.29, 1.82) is 0 Å². The molecule has 0 heterocycles. The topological polar surface area (TPSA) is 65.3 Å². The number of fused-ring (bicyclic) bond motifs is 5. The number of nitrogens with zero attached hydrogens (tertiary/aromatic N) is 2. The van der Waals surface area contributed by atoms with E-state index in [1.807, 2.05) is 14.1 Å². The van der Waals surface area contributed by atoms with Gasteiger partial charge in [-0.05, 0) is 125 Å². The minimum absolute atomic E-state index is 0.124. The zero-order valence-corrected chi connectivity index (χ0v) is 21.8. The average Bonchev–Trinajstić information content (AvgIpc) is 3.08. The van der Waals surface area contributed by atoms with Crippen LogP contribution in [0.5, 0.6) is 0 Å². The molecule has 2 N–H and O–H groups in total. The van der Waals surface area contributed by atoms with Gasteiger partial charge in [0.1, 0.15) is 6.61 Å². The lowest BCUT2D eigenvalue weighted by Gasteiger charge is -2.63. The van der Waals surface area contributed by atoms with Gasteiger partial charge in [0.15, 0.2) is 0 Å². The monoisotopic (exact) mass is 460 g/mol. The molecule has 0 aromatic rings. The Morgan fingerprint density at radius 3 is 2.55 bits per heavy atom. The van der Waals surface area contributed by atoms with Crippen molar-refractivity contribution < 1.29 is 15.1 Å². The summed E-state index contributed by atoms with van der Waals surface area (Å²) in [7, 11) is 4.04. The van der Waals surface area contributed by atoms with Crippen LogP contribution in [0.15, 0.2) is 16.8 Å². The van der Waals surface area contributed by atoms with Gasteiger partial charge in [0.2, 0.25) is 0 Å². The summed E-state index contributed by atoms with van der Waals surface area (Å²) in [4.78, 5) is 7.46. The summed E-state index contributed by atoms with van der Waals surface area (Å²) < 4.78 is 0. The van der Waals surface area contributed by atoms with E-state index in [0.29, 0.717) is 24.4 Å². The number of rotatable bonds is 7. The summed E-state index contributed by atoms with van der Waals surface area (Å²) >= 11 is 0. The van der Waals surface area contributed by atoms with E-state index in [1.165, 1.54) is 25.7 Å². The van der Waals surface area contributed by atoms with Gasteiger partial charge in [-0.2, -0.15) is 0 Å². The van der Waals surface area contributed by atoms with Crippen LogP contribution in [0, 0.1) is 28.6 Å². The predicted octanol–water partition coefficient (Wildman–Crippen LogP) is 5.17. The summed E-state index contributed by atoms with van der Waals surface area (Å²) in [5.41, 5.74) is 0.188. The van der Waals surface area contributed by atoms with Gasteiger partial charge in [0, 0.05) is 6.54 Å². The lowest BCUT2D eigenvalue weighted by molar-refractivity contribution is -0.206. The maximum atomic E-state index is 11.9. The molecule has 7 atom stereocenters. The maximum absolute atomic E-state index is 11.9. The molecule has 0 amide bonds. The van der Waals surface area contributed by atoms with Crippen molar-refractivity contribution in [2.75, 3.05) is 27.2 Å². The number of likely N-dealkylation sites (N-methyl/N-ethyl adjacent to an activating group) is 1. The first kappa shape index (κ1) is 25.2. The van der Waals surface area contributed by atoms with Gasteiger partial charge < -0.3 is 20.0 Å². The summed E-state index contributed by atoms with van der Waals surface area (Å²) in [6, 6.07) is 0. The van der Waals surface area contributed by atoms with Crippen LogP contribution in [-0.2, 0) is 4.84 Å². The third-order valence-corrected chi connectivity index (χ3v) is 10.5. The van der Waals surface area contributed by atoms with Crippen molar-refractivity contribution in [2.45, 2.75) is 103 Å². The summed E-state index contributed by atoms with van der Waals surface area (Å²) in [6.45, 7) is 8.36. The summed E-state index contributed by atoms with van der Waals surface area (Å²) in [5, 5.41) is 27.6. The third kappa shape index (κ3) is 4.54. The molecule has 0 bridgehead atoms. The fraction of sp³-hybridized carbons (Fsp3) is 0.893. The van der Waals surface area contributed by atoms with Crippen molar-refractivity contribution in [3.05, 3.63) is 11.6 Å². The molecule has 0 aliphatic heterocycles. The molecule has 0 saturated heterocycles. The Balaban J connectivity index is 1.45. The normalized spacial score (nSPS) is 45.7. The van der Waals surface area contributed by atoms with Gasteiger partial charge in [0.25, 0.3) is 0 Å². The largest absolute Gasteiger partial charge is 0.394 e. The molecule has 188 valence electrons. The van der Waals surface area contributed by atoms with E-state index in [9.17, 15) is 10.2 Å². The van der Waals surface area contributed by atoms with E-state index < -0.39 is 11.2 Å². The van der Waals surface area contributed by atoms with Crippen LogP contribution in [0.1, 0.15) is 91.4 Å². The SMILES string of the molecule is CCC(C=NOCCN(C)C)=C[C@]1(O)CC[C@@]2(C)[C@H](CC[C@@H]3[C@@H]2CC[C@]2(C)CCC[C@]32O)C1. The van der Waals surface area contributed by atoms with Gasteiger partial charge in [-0.25, -0.2) is 0 Å². The van der Waals surface area contributed by atoms with Crippen LogP contribution in [0.3, 0.4) is 0 Å². The molecule has 4 fully saturated rings. The molecule has 4 rings (SSSR count). The quantitative estimate of drug-likeness (QED) is 0.313. The number of aliphatic hydroxyl groups is 2. The first-order valence-electron chi connectivity index (χ1n) is 13.5. The molecule has 0 spiro atoms. The van der Waals surface area contributed by atoms with Gasteiger partial charge in [-0.15, -0.1) is 0 Å².